The van der Waals surface area contributed by atoms with Crippen LogP contribution < -0.4 is 11.5 Å². The lowest BCUT2D eigenvalue weighted by atomic mass is 9.76. The Morgan fingerprint density at radius 1 is 0.909 bits per heavy atom. The smallest absolute Gasteiger partial charge is 0.0926 e. The van der Waals surface area contributed by atoms with Crippen molar-refractivity contribution >= 4 is 5.57 Å². The van der Waals surface area contributed by atoms with Gasteiger partial charge in [-0.25, -0.2) is 0 Å². The SMILES string of the molecule is CCC1=CC(c2cc(CC)cc(CC)c2)=CC(CC)C1(N)N. The maximum absolute atomic E-state index is 6.40. The number of benzene rings is 1. The number of rotatable bonds is 5. The summed E-state index contributed by atoms with van der Waals surface area (Å²) in [6.07, 6.45) is 8.46. The number of hydrogen-bond acceptors (Lipinski definition) is 2. The normalized spacial score (nSPS) is 20.5. The highest BCUT2D eigenvalue weighted by Gasteiger charge is 2.34. The fourth-order valence-electron chi connectivity index (χ4n) is 3.33. The van der Waals surface area contributed by atoms with E-state index in [0.717, 1.165) is 31.3 Å². The Morgan fingerprint density at radius 3 is 1.95 bits per heavy atom. The fourth-order valence-corrected chi connectivity index (χ4v) is 3.33. The third kappa shape index (κ3) is 3.18. The molecule has 120 valence electrons. The Bertz CT molecular complexity index is 571. The van der Waals surface area contributed by atoms with E-state index in [0.29, 0.717) is 0 Å². The first-order valence-electron chi connectivity index (χ1n) is 8.59. The van der Waals surface area contributed by atoms with E-state index in [1.165, 1.54) is 22.3 Å². The highest BCUT2D eigenvalue weighted by Crippen LogP contribution is 2.35. The van der Waals surface area contributed by atoms with Gasteiger partial charge in [0, 0.05) is 5.92 Å². The number of allylic oxidation sites excluding steroid dienone is 2. The molecule has 0 aliphatic heterocycles. The molecule has 0 fully saturated rings. The van der Waals surface area contributed by atoms with Crippen LogP contribution in [0.3, 0.4) is 0 Å². The molecular formula is C20H30N2. The van der Waals surface area contributed by atoms with Gasteiger partial charge in [-0.1, -0.05) is 58.0 Å². The van der Waals surface area contributed by atoms with Crippen LogP contribution in [0.1, 0.15) is 57.2 Å². The molecule has 0 aromatic heterocycles. The molecule has 2 nitrogen and oxygen atoms in total. The lowest BCUT2D eigenvalue weighted by Gasteiger charge is -2.37. The maximum atomic E-state index is 6.40. The molecular weight excluding hydrogens is 268 g/mol. The zero-order valence-electron chi connectivity index (χ0n) is 14.4. The second-order valence-corrected chi connectivity index (χ2v) is 6.34. The first-order valence-corrected chi connectivity index (χ1v) is 8.59. The molecule has 2 rings (SSSR count). The van der Waals surface area contributed by atoms with E-state index in [4.69, 9.17) is 11.5 Å². The zero-order chi connectivity index (χ0) is 16.3. The molecule has 22 heavy (non-hydrogen) atoms. The Balaban J connectivity index is 2.52. The molecule has 0 radical (unpaired) electrons. The van der Waals surface area contributed by atoms with E-state index in [1.54, 1.807) is 0 Å². The summed E-state index contributed by atoms with van der Waals surface area (Å²) in [5.41, 5.74) is 18.6. The predicted octanol–water partition coefficient (Wildman–Crippen LogP) is 4.18. The number of nitrogens with two attached hydrogens (primary N) is 2. The van der Waals surface area contributed by atoms with E-state index < -0.39 is 5.66 Å². The molecule has 1 unspecified atom stereocenters. The third-order valence-electron chi connectivity index (χ3n) is 4.90. The van der Waals surface area contributed by atoms with Gasteiger partial charge in [-0.2, -0.15) is 0 Å². The molecule has 1 aliphatic carbocycles. The second kappa shape index (κ2) is 6.80. The Morgan fingerprint density at radius 2 is 1.50 bits per heavy atom. The summed E-state index contributed by atoms with van der Waals surface area (Å²) < 4.78 is 0. The number of aryl methyl sites for hydroxylation is 2. The van der Waals surface area contributed by atoms with Crippen molar-refractivity contribution in [3.05, 3.63) is 52.6 Å². The molecule has 1 aromatic rings. The summed E-state index contributed by atoms with van der Waals surface area (Å²) in [4.78, 5) is 0. The van der Waals surface area contributed by atoms with Crippen molar-refractivity contribution in [1.29, 1.82) is 0 Å². The van der Waals surface area contributed by atoms with Gasteiger partial charge in [0.15, 0.2) is 0 Å². The van der Waals surface area contributed by atoms with Gasteiger partial charge in [-0.05, 0) is 53.5 Å². The van der Waals surface area contributed by atoms with Gasteiger partial charge in [-0.15, -0.1) is 0 Å². The largest absolute Gasteiger partial charge is 0.309 e. The molecule has 1 aromatic carbocycles. The van der Waals surface area contributed by atoms with Crippen LogP contribution in [-0.2, 0) is 12.8 Å². The van der Waals surface area contributed by atoms with E-state index in [1.807, 2.05) is 0 Å². The second-order valence-electron chi connectivity index (χ2n) is 6.34. The predicted molar refractivity (Wildman–Crippen MR) is 96.4 cm³/mol. The molecule has 0 saturated carbocycles. The van der Waals surface area contributed by atoms with Crippen LogP contribution in [0.25, 0.3) is 5.57 Å². The van der Waals surface area contributed by atoms with Gasteiger partial charge < -0.3 is 11.5 Å². The van der Waals surface area contributed by atoms with Gasteiger partial charge >= 0.3 is 0 Å². The van der Waals surface area contributed by atoms with E-state index >= 15 is 0 Å². The molecule has 2 heteroatoms. The molecule has 1 aliphatic rings. The first-order chi connectivity index (χ1) is 10.5. The lowest BCUT2D eigenvalue weighted by Crippen LogP contribution is -2.57. The zero-order valence-corrected chi connectivity index (χ0v) is 14.4. The van der Waals surface area contributed by atoms with Crippen LogP contribution in [0, 0.1) is 5.92 Å². The summed E-state index contributed by atoms with van der Waals surface area (Å²) in [5, 5.41) is 0. The third-order valence-corrected chi connectivity index (χ3v) is 4.90. The van der Waals surface area contributed by atoms with Crippen LogP contribution in [0.5, 0.6) is 0 Å². The quantitative estimate of drug-likeness (QED) is 0.801. The number of hydrogen-bond donors (Lipinski definition) is 2. The van der Waals surface area contributed by atoms with Crippen molar-refractivity contribution in [3.8, 4) is 0 Å². The standard InChI is InChI=1S/C20H30N2/c1-5-14-9-15(6-2)11-16(10-14)17-12-18(7-3)20(21,22)19(8-4)13-17/h9-13,18H,5-8,21-22H2,1-4H3. The molecule has 1 atom stereocenters. The van der Waals surface area contributed by atoms with Crippen molar-refractivity contribution in [2.24, 2.45) is 17.4 Å². The fraction of sp³-hybridized carbons (Fsp3) is 0.500. The summed E-state index contributed by atoms with van der Waals surface area (Å²) in [6, 6.07) is 6.92. The average Bonchev–Trinajstić information content (AvgIpc) is 2.53. The van der Waals surface area contributed by atoms with Crippen LogP contribution in [0.15, 0.2) is 35.9 Å². The van der Waals surface area contributed by atoms with Gasteiger partial charge in [-0.3, -0.25) is 0 Å². The van der Waals surface area contributed by atoms with Crippen LogP contribution in [-0.4, -0.2) is 5.66 Å². The van der Waals surface area contributed by atoms with Crippen molar-refractivity contribution in [2.45, 2.75) is 59.0 Å². The van der Waals surface area contributed by atoms with Crippen molar-refractivity contribution in [3.63, 3.8) is 0 Å². The Labute approximate surface area is 135 Å². The highest BCUT2D eigenvalue weighted by atomic mass is 15.0. The van der Waals surface area contributed by atoms with Crippen LogP contribution in [0.4, 0.5) is 0 Å². The molecule has 0 saturated heterocycles. The van der Waals surface area contributed by atoms with Crippen molar-refractivity contribution in [2.75, 3.05) is 0 Å². The van der Waals surface area contributed by atoms with Gasteiger partial charge in [0.05, 0.1) is 5.66 Å². The summed E-state index contributed by atoms with van der Waals surface area (Å²) in [7, 11) is 0. The average molecular weight is 298 g/mol. The van der Waals surface area contributed by atoms with E-state index in [-0.39, 0.29) is 5.92 Å². The molecule has 0 spiro atoms. The molecule has 4 N–H and O–H groups in total. The Hall–Kier alpha value is -1.38. The van der Waals surface area contributed by atoms with Gasteiger partial charge in [0.25, 0.3) is 0 Å². The highest BCUT2D eigenvalue weighted by molar-refractivity contribution is 5.77. The van der Waals surface area contributed by atoms with Crippen LogP contribution >= 0.6 is 0 Å². The minimum Gasteiger partial charge on any atom is -0.309 e. The monoisotopic (exact) mass is 298 g/mol. The first kappa shape index (κ1) is 17.0. The summed E-state index contributed by atoms with van der Waals surface area (Å²) in [5.74, 6) is 0.192. The lowest BCUT2D eigenvalue weighted by molar-refractivity contribution is 0.366. The van der Waals surface area contributed by atoms with Gasteiger partial charge in [0.1, 0.15) is 0 Å². The molecule has 0 bridgehead atoms. The molecule has 0 amide bonds. The van der Waals surface area contributed by atoms with Crippen LogP contribution in [0.2, 0.25) is 0 Å². The minimum atomic E-state index is -0.705. The maximum Gasteiger partial charge on any atom is 0.0926 e. The topological polar surface area (TPSA) is 52.0 Å². The van der Waals surface area contributed by atoms with Crippen molar-refractivity contribution < 1.29 is 0 Å². The molecule has 0 heterocycles. The summed E-state index contributed by atoms with van der Waals surface area (Å²) >= 11 is 0. The summed E-state index contributed by atoms with van der Waals surface area (Å²) in [6.45, 7) is 8.71. The van der Waals surface area contributed by atoms with E-state index in [9.17, 15) is 0 Å². The van der Waals surface area contributed by atoms with Gasteiger partial charge in [0.2, 0.25) is 0 Å². The Kier molecular flexibility index (Phi) is 5.25. The van der Waals surface area contributed by atoms with E-state index in [2.05, 4.69) is 58.0 Å². The minimum absolute atomic E-state index is 0.192. The van der Waals surface area contributed by atoms with Crippen molar-refractivity contribution in [1.82, 2.24) is 0 Å².